The average Bonchev–Trinajstić information content (AvgIpc) is 2.40. The molecule has 1 aromatic carbocycles. The van der Waals surface area contributed by atoms with E-state index >= 15 is 0 Å². The van der Waals surface area contributed by atoms with Gasteiger partial charge in [0.15, 0.2) is 5.75 Å². The number of ether oxygens (including phenoxy) is 2. The lowest BCUT2D eigenvalue weighted by Gasteiger charge is -2.22. The zero-order chi connectivity index (χ0) is 15.1. The molecule has 0 heterocycles. The molecule has 0 saturated heterocycles. The van der Waals surface area contributed by atoms with Gasteiger partial charge in [-0.3, -0.25) is 4.79 Å². The maximum absolute atomic E-state index is 12.4. The topological polar surface area (TPSA) is 73.6 Å². The van der Waals surface area contributed by atoms with Crippen molar-refractivity contribution in [2.24, 2.45) is 5.92 Å². The molecule has 1 atom stereocenters. The molecule has 0 aromatic heterocycles. The minimum atomic E-state index is -0.198. The smallest absolute Gasteiger partial charge is 0.255 e. The molecule has 112 valence electrons. The highest BCUT2D eigenvalue weighted by molar-refractivity contribution is 5.98. The molecule has 5 nitrogen and oxygen atoms in total. The molecular formula is C15H24N2O3. The van der Waals surface area contributed by atoms with Gasteiger partial charge in [-0.2, -0.15) is 0 Å². The molecule has 0 bridgehead atoms. The van der Waals surface area contributed by atoms with Gasteiger partial charge in [-0.25, -0.2) is 0 Å². The SMILES string of the molecule is CCOc1c(N)cccc1C(=O)NC(COC)C(C)C. The number of nitrogen functional groups attached to an aromatic ring is 1. The Morgan fingerprint density at radius 1 is 1.40 bits per heavy atom. The molecule has 0 radical (unpaired) electrons. The van der Waals surface area contributed by atoms with Crippen LogP contribution in [0.15, 0.2) is 18.2 Å². The molecule has 1 rings (SSSR count). The van der Waals surface area contributed by atoms with Crippen LogP contribution >= 0.6 is 0 Å². The summed E-state index contributed by atoms with van der Waals surface area (Å²) in [5, 5.41) is 2.96. The number of carbonyl (C=O) groups is 1. The molecule has 1 amide bonds. The second kappa shape index (κ2) is 7.75. The van der Waals surface area contributed by atoms with Crippen LogP contribution in [0.4, 0.5) is 5.69 Å². The Balaban J connectivity index is 2.94. The second-order valence-corrected chi connectivity index (χ2v) is 4.94. The zero-order valence-electron chi connectivity index (χ0n) is 12.6. The van der Waals surface area contributed by atoms with Gasteiger partial charge in [-0.05, 0) is 25.0 Å². The zero-order valence-corrected chi connectivity index (χ0v) is 12.6. The van der Waals surface area contributed by atoms with E-state index in [-0.39, 0.29) is 17.9 Å². The predicted molar refractivity (Wildman–Crippen MR) is 80.0 cm³/mol. The summed E-state index contributed by atoms with van der Waals surface area (Å²) < 4.78 is 10.6. The van der Waals surface area contributed by atoms with Crippen LogP contribution < -0.4 is 15.8 Å². The minimum absolute atomic E-state index is 0.0524. The van der Waals surface area contributed by atoms with E-state index < -0.39 is 0 Å². The van der Waals surface area contributed by atoms with E-state index in [0.717, 1.165) is 0 Å². The van der Waals surface area contributed by atoms with Crippen LogP contribution in [0.5, 0.6) is 5.75 Å². The Kier molecular flexibility index (Phi) is 6.31. The lowest BCUT2D eigenvalue weighted by Crippen LogP contribution is -2.41. The van der Waals surface area contributed by atoms with Gasteiger partial charge in [0.25, 0.3) is 5.91 Å². The number of benzene rings is 1. The van der Waals surface area contributed by atoms with E-state index in [2.05, 4.69) is 5.32 Å². The van der Waals surface area contributed by atoms with E-state index in [1.54, 1.807) is 25.3 Å². The summed E-state index contributed by atoms with van der Waals surface area (Å²) >= 11 is 0. The third-order valence-electron chi connectivity index (χ3n) is 3.05. The van der Waals surface area contributed by atoms with Crippen molar-refractivity contribution in [3.8, 4) is 5.75 Å². The molecule has 0 aliphatic heterocycles. The van der Waals surface area contributed by atoms with Crippen molar-refractivity contribution < 1.29 is 14.3 Å². The maximum Gasteiger partial charge on any atom is 0.255 e. The quantitative estimate of drug-likeness (QED) is 0.750. The number of carbonyl (C=O) groups excluding carboxylic acids is 1. The first kappa shape index (κ1) is 16.3. The van der Waals surface area contributed by atoms with Gasteiger partial charge in [0.2, 0.25) is 0 Å². The van der Waals surface area contributed by atoms with Crippen LogP contribution in [-0.4, -0.2) is 32.3 Å². The van der Waals surface area contributed by atoms with Crippen LogP contribution in [0, 0.1) is 5.92 Å². The molecule has 3 N–H and O–H groups in total. The first-order valence-electron chi connectivity index (χ1n) is 6.82. The summed E-state index contributed by atoms with van der Waals surface area (Å²) in [6.45, 7) is 6.85. The van der Waals surface area contributed by atoms with Crippen molar-refractivity contribution in [3.63, 3.8) is 0 Å². The summed E-state index contributed by atoms with van der Waals surface area (Å²) in [5.74, 6) is 0.513. The van der Waals surface area contributed by atoms with Crippen molar-refractivity contribution in [1.82, 2.24) is 5.32 Å². The molecule has 1 aromatic rings. The summed E-state index contributed by atoms with van der Waals surface area (Å²) in [4.78, 5) is 12.4. The first-order chi connectivity index (χ1) is 9.51. The number of amides is 1. The number of hydrogen-bond donors (Lipinski definition) is 2. The van der Waals surface area contributed by atoms with Crippen LogP contribution in [0.1, 0.15) is 31.1 Å². The number of rotatable bonds is 7. The normalized spacial score (nSPS) is 12.2. The highest BCUT2D eigenvalue weighted by Crippen LogP contribution is 2.26. The van der Waals surface area contributed by atoms with Crippen molar-refractivity contribution in [1.29, 1.82) is 0 Å². The molecular weight excluding hydrogens is 256 g/mol. The van der Waals surface area contributed by atoms with Crippen molar-refractivity contribution >= 4 is 11.6 Å². The number of nitrogens with two attached hydrogens (primary N) is 1. The molecule has 1 unspecified atom stereocenters. The van der Waals surface area contributed by atoms with Gasteiger partial charge in [-0.15, -0.1) is 0 Å². The van der Waals surface area contributed by atoms with Gasteiger partial charge >= 0.3 is 0 Å². The van der Waals surface area contributed by atoms with Crippen LogP contribution in [0.2, 0.25) is 0 Å². The van der Waals surface area contributed by atoms with E-state index in [9.17, 15) is 4.79 Å². The lowest BCUT2D eigenvalue weighted by atomic mass is 10.0. The Morgan fingerprint density at radius 2 is 2.10 bits per heavy atom. The molecule has 0 aliphatic carbocycles. The fourth-order valence-electron chi connectivity index (χ4n) is 1.87. The van der Waals surface area contributed by atoms with Gasteiger partial charge in [0, 0.05) is 7.11 Å². The van der Waals surface area contributed by atoms with E-state index in [0.29, 0.717) is 30.2 Å². The van der Waals surface area contributed by atoms with Gasteiger partial charge in [0.05, 0.1) is 30.5 Å². The summed E-state index contributed by atoms with van der Waals surface area (Å²) in [6, 6.07) is 5.12. The number of nitrogens with one attached hydrogen (secondary N) is 1. The summed E-state index contributed by atoms with van der Waals surface area (Å²) in [5.41, 5.74) is 6.78. The molecule has 20 heavy (non-hydrogen) atoms. The fraction of sp³-hybridized carbons (Fsp3) is 0.533. The maximum atomic E-state index is 12.4. The molecule has 0 aliphatic rings. The Bertz CT molecular complexity index is 447. The van der Waals surface area contributed by atoms with Crippen LogP contribution in [0.3, 0.4) is 0 Å². The molecule has 5 heteroatoms. The lowest BCUT2D eigenvalue weighted by molar-refractivity contribution is 0.0863. The van der Waals surface area contributed by atoms with E-state index in [4.69, 9.17) is 15.2 Å². The van der Waals surface area contributed by atoms with Crippen LogP contribution in [-0.2, 0) is 4.74 Å². The van der Waals surface area contributed by atoms with E-state index in [1.165, 1.54) is 0 Å². The molecule has 0 saturated carbocycles. The second-order valence-electron chi connectivity index (χ2n) is 4.94. The summed E-state index contributed by atoms with van der Waals surface area (Å²) in [7, 11) is 1.62. The predicted octanol–water partition coefficient (Wildman–Crippen LogP) is 2.07. The summed E-state index contributed by atoms with van der Waals surface area (Å²) in [6.07, 6.45) is 0. The van der Waals surface area contributed by atoms with Gasteiger partial charge < -0.3 is 20.5 Å². The third kappa shape index (κ3) is 4.13. The Hall–Kier alpha value is -1.75. The average molecular weight is 280 g/mol. The van der Waals surface area contributed by atoms with E-state index in [1.807, 2.05) is 20.8 Å². The van der Waals surface area contributed by atoms with Crippen molar-refractivity contribution in [3.05, 3.63) is 23.8 Å². The molecule has 0 spiro atoms. The largest absolute Gasteiger partial charge is 0.491 e. The van der Waals surface area contributed by atoms with Crippen molar-refractivity contribution in [2.75, 3.05) is 26.1 Å². The monoisotopic (exact) mass is 280 g/mol. The Morgan fingerprint density at radius 3 is 2.65 bits per heavy atom. The van der Waals surface area contributed by atoms with Gasteiger partial charge in [0.1, 0.15) is 0 Å². The minimum Gasteiger partial charge on any atom is -0.491 e. The first-order valence-corrected chi connectivity index (χ1v) is 6.82. The molecule has 0 fully saturated rings. The number of para-hydroxylation sites is 1. The Labute approximate surface area is 120 Å². The van der Waals surface area contributed by atoms with Gasteiger partial charge in [-0.1, -0.05) is 19.9 Å². The number of methoxy groups -OCH3 is 1. The number of anilines is 1. The van der Waals surface area contributed by atoms with Crippen LogP contribution in [0.25, 0.3) is 0 Å². The highest BCUT2D eigenvalue weighted by atomic mass is 16.5. The third-order valence-corrected chi connectivity index (χ3v) is 3.05. The number of hydrogen-bond acceptors (Lipinski definition) is 4. The standard InChI is InChI=1S/C15H24N2O3/c1-5-20-14-11(7-6-8-12(14)16)15(18)17-13(9-19-4)10(2)3/h6-8,10,13H,5,9,16H2,1-4H3,(H,17,18). The fourth-order valence-corrected chi connectivity index (χ4v) is 1.87. The van der Waals surface area contributed by atoms with Crippen molar-refractivity contribution in [2.45, 2.75) is 26.8 Å². The highest BCUT2D eigenvalue weighted by Gasteiger charge is 2.20.